The fourth-order valence-corrected chi connectivity index (χ4v) is 2.17. The molecule has 3 rings (SSSR count). The Kier molecular flexibility index (Phi) is 4.98. The summed E-state index contributed by atoms with van der Waals surface area (Å²) in [5.41, 5.74) is 3.47. The molecule has 0 aliphatic heterocycles. The molecule has 122 valence electrons. The number of carbonyl (C=O) groups excluding carboxylic acids is 1. The van der Waals surface area contributed by atoms with Crippen molar-refractivity contribution in [2.45, 2.75) is 6.54 Å². The molecule has 0 spiro atoms. The molecule has 25 heavy (non-hydrogen) atoms. The Balaban J connectivity index is 1.59. The van der Waals surface area contributed by atoms with E-state index in [1.54, 1.807) is 42.9 Å². The lowest BCUT2D eigenvalue weighted by Crippen LogP contribution is -2.23. The highest BCUT2D eigenvalue weighted by Crippen LogP contribution is 2.16. The van der Waals surface area contributed by atoms with Crippen molar-refractivity contribution >= 4 is 17.3 Å². The van der Waals surface area contributed by atoms with Crippen LogP contribution in [-0.4, -0.2) is 15.9 Å². The van der Waals surface area contributed by atoms with E-state index in [1.807, 2.05) is 24.3 Å². The monoisotopic (exact) mass is 329 g/mol. The molecule has 2 N–H and O–H groups in total. The van der Waals surface area contributed by atoms with E-state index in [0.717, 1.165) is 16.9 Å². The van der Waals surface area contributed by atoms with Crippen molar-refractivity contribution in [2.75, 3.05) is 5.32 Å². The van der Waals surface area contributed by atoms with Crippen LogP contribution in [-0.2, 0) is 6.54 Å². The van der Waals surface area contributed by atoms with Gasteiger partial charge in [0.15, 0.2) is 0 Å². The van der Waals surface area contributed by atoms with Crippen LogP contribution in [0.1, 0.15) is 21.6 Å². The number of hydrogen-bond acceptors (Lipinski definition) is 5. The molecule has 0 bridgehead atoms. The van der Waals surface area contributed by atoms with E-state index < -0.39 is 0 Å². The smallest absolute Gasteiger partial charge is 0.270 e. The number of aromatic nitrogens is 2. The number of carbonyl (C=O) groups is 1. The quantitative estimate of drug-likeness (QED) is 0.751. The van der Waals surface area contributed by atoms with Crippen LogP contribution in [0.15, 0.2) is 67.1 Å². The van der Waals surface area contributed by atoms with Crippen molar-refractivity contribution in [3.63, 3.8) is 0 Å². The molecule has 3 aromatic rings. The summed E-state index contributed by atoms with van der Waals surface area (Å²) >= 11 is 0. The van der Waals surface area contributed by atoms with Crippen LogP contribution < -0.4 is 10.6 Å². The van der Waals surface area contributed by atoms with Gasteiger partial charge in [-0.25, -0.2) is 4.98 Å². The first-order valence-corrected chi connectivity index (χ1v) is 7.65. The molecule has 2 heterocycles. The largest absolute Gasteiger partial charge is 0.354 e. The van der Waals surface area contributed by atoms with Gasteiger partial charge in [0.25, 0.3) is 5.91 Å². The number of nitrogens with one attached hydrogen (secondary N) is 2. The van der Waals surface area contributed by atoms with Gasteiger partial charge in [-0.2, -0.15) is 5.26 Å². The van der Waals surface area contributed by atoms with E-state index in [9.17, 15) is 4.79 Å². The number of benzene rings is 1. The second kappa shape index (κ2) is 7.70. The summed E-state index contributed by atoms with van der Waals surface area (Å²) in [5.74, 6) is -0.242. The molecule has 0 radical (unpaired) electrons. The van der Waals surface area contributed by atoms with Gasteiger partial charge in [0.1, 0.15) is 5.69 Å². The van der Waals surface area contributed by atoms with Gasteiger partial charge < -0.3 is 10.6 Å². The third kappa shape index (κ3) is 4.39. The summed E-state index contributed by atoms with van der Waals surface area (Å²) in [6.45, 7) is 0.402. The van der Waals surface area contributed by atoms with Crippen molar-refractivity contribution in [3.05, 3.63) is 83.9 Å². The standard InChI is InChI=1S/C19H15N5O/c20-10-14-3-5-16(6-4-14)24-17-7-8-18(22-13-17)19(25)23-12-15-2-1-9-21-11-15/h1-9,11,13,24H,12H2,(H,23,25). The minimum Gasteiger partial charge on any atom is -0.354 e. The fraction of sp³-hybridized carbons (Fsp3) is 0.0526. The summed E-state index contributed by atoms with van der Waals surface area (Å²) in [5, 5.41) is 14.8. The van der Waals surface area contributed by atoms with Crippen molar-refractivity contribution < 1.29 is 4.79 Å². The van der Waals surface area contributed by atoms with E-state index >= 15 is 0 Å². The first-order valence-electron chi connectivity index (χ1n) is 7.65. The van der Waals surface area contributed by atoms with Gasteiger partial charge in [0.05, 0.1) is 23.5 Å². The normalized spacial score (nSPS) is 9.88. The topological polar surface area (TPSA) is 90.7 Å². The highest BCUT2D eigenvalue weighted by atomic mass is 16.1. The van der Waals surface area contributed by atoms with Crippen LogP contribution in [0.25, 0.3) is 0 Å². The van der Waals surface area contributed by atoms with Gasteiger partial charge in [-0.1, -0.05) is 6.07 Å². The van der Waals surface area contributed by atoms with Crippen LogP contribution in [0.5, 0.6) is 0 Å². The second-order valence-corrected chi connectivity index (χ2v) is 5.29. The zero-order chi connectivity index (χ0) is 17.5. The molecule has 0 aliphatic carbocycles. The van der Waals surface area contributed by atoms with Crippen LogP contribution in [0.4, 0.5) is 11.4 Å². The van der Waals surface area contributed by atoms with E-state index in [1.165, 1.54) is 0 Å². The third-order valence-electron chi connectivity index (χ3n) is 3.47. The zero-order valence-electron chi connectivity index (χ0n) is 13.3. The first kappa shape index (κ1) is 16.1. The molecule has 1 amide bonds. The minimum absolute atomic E-state index is 0.242. The molecule has 0 aliphatic rings. The lowest BCUT2D eigenvalue weighted by atomic mass is 10.2. The molecule has 0 saturated carbocycles. The summed E-state index contributed by atoms with van der Waals surface area (Å²) in [6, 6.07) is 16.3. The Bertz CT molecular complexity index is 884. The van der Waals surface area contributed by atoms with Gasteiger partial charge in [0.2, 0.25) is 0 Å². The lowest BCUT2D eigenvalue weighted by Gasteiger charge is -2.08. The highest BCUT2D eigenvalue weighted by molar-refractivity contribution is 5.92. The van der Waals surface area contributed by atoms with Gasteiger partial charge >= 0.3 is 0 Å². The maximum absolute atomic E-state index is 12.1. The van der Waals surface area contributed by atoms with Gasteiger partial charge in [-0.3, -0.25) is 9.78 Å². The first-order chi connectivity index (χ1) is 12.2. The van der Waals surface area contributed by atoms with Gasteiger partial charge in [0, 0.05) is 24.6 Å². The predicted molar refractivity (Wildman–Crippen MR) is 94.1 cm³/mol. The Morgan fingerprint density at radius 3 is 2.48 bits per heavy atom. The molecule has 1 aromatic carbocycles. The summed E-state index contributed by atoms with van der Waals surface area (Å²) in [4.78, 5) is 20.3. The molecule has 2 aromatic heterocycles. The van der Waals surface area contributed by atoms with Crippen molar-refractivity contribution in [1.82, 2.24) is 15.3 Å². The van der Waals surface area contributed by atoms with Crippen molar-refractivity contribution in [3.8, 4) is 6.07 Å². The minimum atomic E-state index is -0.242. The Hall–Kier alpha value is -3.72. The summed E-state index contributed by atoms with van der Waals surface area (Å²) in [6.07, 6.45) is 4.99. The predicted octanol–water partition coefficient (Wildman–Crippen LogP) is 3.02. The number of nitrogens with zero attached hydrogens (tertiary/aromatic N) is 3. The fourth-order valence-electron chi connectivity index (χ4n) is 2.17. The zero-order valence-corrected chi connectivity index (χ0v) is 13.3. The molecule has 0 atom stereocenters. The lowest BCUT2D eigenvalue weighted by molar-refractivity contribution is 0.0946. The van der Waals surface area contributed by atoms with E-state index in [2.05, 4.69) is 26.7 Å². The number of nitriles is 1. The Morgan fingerprint density at radius 1 is 1.04 bits per heavy atom. The molecular formula is C19H15N5O. The van der Waals surface area contributed by atoms with Crippen molar-refractivity contribution in [1.29, 1.82) is 5.26 Å². The average molecular weight is 329 g/mol. The average Bonchev–Trinajstić information content (AvgIpc) is 2.68. The van der Waals surface area contributed by atoms with Crippen LogP contribution in [0.2, 0.25) is 0 Å². The third-order valence-corrected chi connectivity index (χ3v) is 3.47. The number of hydrogen-bond donors (Lipinski definition) is 2. The van der Waals surface area contributed by atoms with E-state index in [0.29, 0.717) is 17.8 Å². The Labute approximate surface area is 145 Å². The van der Waals surface area contributed by atoms with E-state index in [-0.39, 0.29) is 5.91 Å². The van der Waals surface area contributed by atoms with Crippen LogP contribution in [0, 0.1) is 11.3 Å². The maximum atomic E-state index is 12.1. The van der Waals surface area contributed by atoms with Crippen molar-refractivity contribution in [2.24, 2.45) is 0 Å². The molecule has 0 saturated heterocycles. The summed E-state index contributed by atoms with van der Waals surface area (Å²) in [7, 11) is 0. The molecule has 6 nitrogen and oxygen atoms in total. The molecular weight excluding hydrogens is 314 g/mol. The second-order valence-electron chi connectivity index (χ2n) is 5.29. The van der Waals surface area contributed by atoms with Crippen LogP contribution >= 0.6 is 0 Å². The van der Waals surface area contributed by atoms with Crippen LogP contribution in [0.3, 0.4) is 0 Å². The number of rotatable bonds is 5. The molecule has 0 fully saturated rings. The Morgan fingerprint density at radius 2 is 1.84 bits per heavy atom. The maximum Gasteiger partial charge on any atom is 0.270 e. The van der Waals surface area contributed by atoms with Gasteiger partial charge in [-0.05, 0) is 48.0 Å². The highest BCUT2D eigenvalue weighted by Gasteiger charge is 2.07. The van der Waals surface area contributed by atoms with E-state index in [4.69, 9.17) is 5.26 Å². The molecule has 6 heteroatoms. The SMILES string of the molecule is N#Cc1ccc(Nc2ccc(C(=O)NCc3cccnc3)nc2)cc1. The summed E-state index contributed by atoms with van der Waals surface area (Å²) < 4.78 is 0. The number of amides is 1. The number of anilines is 2. The number of pyridine rings is 2. The molecule has 0 unspecified atom stereocenters. The van der Waals surface area contributed by atoms with Gasteiger partial charge in [-0.15, -0.1) is 0 Å².